The van der Waals surface area contributed by atoms with Crippen LogP contribution in [0.2, 0.25) is 0 Å². The molecule has 0 bridgehead atoms. The molecule has 1 fully saturated rings. The summed E-state index contributed by atoms with van der Waals surface area (Å²) in [6.07, 6.45) is 4.60. The molecule has 0 heterocycles. The lowest BCUT2D eigenvalue weighted by Gasteiger charge is -2.12. The van der Waals surface area contributed by atoms with Crippen molar-refractivity contribution in [1.29, 1.82) is 0 Å². The van der Waals surface area contributed by atoms with Gasteiger partial charge in [-0.05, 0) is 63.1 Å². The lowest BCUT2D eigenvalue weighted by atomic mass is 10.1. The maximum atomic E-state index is 5.65. The molecule has 1 saturated carbocycles. The summed E-state index contributed by atoms with van der Waals surface area (Å²) in [5, 5.41) is 6.61. The summed E-state index contributed by atoms with van der Waals surface area (Å²) in [5.74, 6) is 3.26. The van der Waals surface area contributed by atoms with E-state index in [2.05, 4.69) is 34.7 Å². The molecule has 1 aromatic rings. The van der Waals surface area contributed by atoms with Crippen molar-refractivity contribution in [2.24, 2.45) is 10.9 Å². The minimum Gasteiger partial charge on any atom is -0.493 e. The number of hydrogen-bond acceptors (Lipinski definition) is 4. The average Bonchev–Trinajstić information content (AvgIpc) is 3.49. The Morgan fingerprint density at radius 3 is 2.68 bits per heavy atom. The Morgan fingerprint density at radius 2 is 2.00 bits per heavy atom. The van der Waals surface area contributed by atoms with Gasteiger partial charge in [0, 0.05) is 26.2 Å². The fraction of sp³-hybridized carbons (Fsp3) is 0.667. The van der Waals surface area contributed by atoms with Gasteiger partial charge in [-0.3, -0.25) is 4.99 Å². The first kappa shape index (κ1) is 24.8. The predicted octanol–water partition coefficient (Wildman–Crippen LogP) is 3.63. The highest BCUT2D eigenvalue weighted by Gasteiger charge is 2.20. The standard InChI is InChI=1S/C21H35N3O3.HI/c1-4-22-21(24-13-14-26-16-18-8-9-18)23-12-6-7-17-10-11-19(25-3)20(15-17)27-5-2;/h10-11,15,18H,4-9,12-14,16H2,1-3H3,(H2,22,23,24);1H. The van der Waals surface area contributed by atoms with Crippen molar-refractivity contribution >= 4 is 29.9 Å². The lowest BCUT2D eigenvalue weighted by molar-refractivity contribution is 0.129. The topological polar surface area (TPSA) is 64.1 Å². The molecule has 1 aliphatic rings. The molecule has 0 saturated heterocycles. The quantitative estimate of drug-likeness (QED) is 0.186. The van der Waals surface area contributed by atoms with Crippen molar-refractivity contribution in [3.05, 3.63) is 23.8 Å². The first-order valence-corrected chi connectivity index (χ1v) is 10.2. The van der Waals surface area contributed by atoms with E-state index in [4.69, 9.17) is 14.2 Å². The molecule has 160 valence electrons. The molecule has 1 aliphatic carbocycles. The zero-order valence-corrected chi connectivity index (χ0v) is 19.8. The van der Waals surface area contributed by atoms with Crippen LogP contribution in [0.25, 0.3) is 0 Å². The number of aliphatic imine (C=N–C) groups is 1. The van der Waals surface area contributed by atoms with Gasteiger partial charge < -0.3 is 24.8 Å². The van der Waals surface area contributed by atoms with E-state index in [1.54, 1.807) is 7.11 Å². The second-order valence-electron chi connectivity index (χ2n) is 6.73. The number of methoxy groups -OCH3 is 1. The Labute approximate surface area is 186 Å². The second kappa shape index (κ2) is 14.7. The Balaban J connectivity index is 0.00000392. The molecule has 7 heteroatoms. The van der Waals surface area contributed by atoms with Crippen LogP contribution in [-0.2, 0) is 11.2 Å². The van der Waals surface area contributed by atoms with Crippen LogP contribution in [-0.4, -0.2) is 52.5 Å². The van der Waals surface area contributed by atoms with Crippen LogP contribution in [0.1, 0.15) is 38.7 Å². The molecule has 0 atom stereocenters. The van der Waals surface area contributed by atoms with Crippen LogP contribution < -0.4 is 20.1 Å². The number of guanidine groups is 1. The van der Waals surface area contributed by atoms with Crippen LogP contribution in [0.5, 0.6) is 11.5 Å². The summed E-state index contributed by atoms with van der Waals surface area (Å²) >= 11 is 0. The van der Waals surface area contributed by atoms with Crippen LogP contribution in [0, 0.1) is 5.92 Å². The van der Waals surface area contributed by atoms with Crippen molar-refractivity contribution in [2.45, 2.75) is 39.5 Å². The van der Waals surface area contributed by atoms with Crippen LogP contribution in [0.3, 0.4) is 0 Å². The van der Waals surface area contributed by atoms with Crippen LogP contribution in [0.4, 0.5) is 0 Å². The Hall–Kier alpha value is -1.22. The highest BCUT2D eigenvalue weighted by molar-refractivity contribution is 14.0. The van der Waals surface area contributed by atoms with Gasteiger partial charge in [-0.25, -0.2) is 0 Å². The molecule has 0 spiro atoms. The third kappa shape index (κ3) is 9.82. The lowest BCUT2D eigenvalue weighted by Crippen LogP contribution is -2.39. The second-order valence-corrected chi connectivity index (χ2v) is 6.73. The zero-order chi connectivity index (χ0) is 19.3. The summed E-state index contributed by atoms with van der Waals surface area (Å²) in [6.45, 7) is 8.73. The summed E-state index contributed by atoms with van der Waals surface area (Å²) in [7, 11) is 1.67. The number of aryl methyl sites for hydroxylation is 1. The molecule has 2 N–H and O–H groups in total. The number of nitrogens with one attached hydrogen (secondary N) is 2. The molecule has 0 amide bonds. The van der Waals surface area contributed by atoms with Gasteiger partial charge in [0.05, 0.1) is 20.3 Å². The van der Waals surface area contributed by atoms with Gasteiger partial charge in [-0.2, -0.15) is 0 Å². The van der Waals surface area contributed by atoms with E-state index in [1.165, 1.54) is 18.4 Å². The first-order valence-electron chi connectivity index (χ1n) is 10.2. The molecule has 0 aliphatic heterocycles. The number of rotatable bonds is 13. The van der Waals surface area contributed by atoms with Crippen molar-refractivity contribution in [3.8, 4) is 11.5 Å². The highest BCUT2D eigenvalue weighted by atomic mass is 127. The van der Waals surface area contributed by atoms with Gasteiger partial charge in [0.2, 0.25) is 0 Å². The smallest absolute Gasteiger partial charge is 0.191 e. The highest BCUT2D eigenvalue weighted by Crippen LogP contribution is 2.29. The van der Waals surface area contributed by atoms with E-state index in [-0.39, 0.29) is 24.0 Å². The molecule has 0 unspecified atom stereocenters. The number of nitrogens with zero attached hydrogens (tertiary/aromatic N) is 1. The Kier molecular flexibility index (Phi) is 13.1. The van der Waals surface area contributed by atoms with Gasteiger partial charge in [0.15, 0.2) is 17.5 Å². The normalized spacial score (nSPS) is 13.6. The minimum absolute atomic E-state index is 0. The van der Waals surface area contributed by atoms with E-state index in [0.717, 1.165) is 69.1 Å². The van der Waals surface area contributed by atoms with Gasteiger partial charge in [0.25, 0.3) is 0 Å². The fourth-order valence-corrected chi connectivity index (χ4v) is 2.74. The number of ether oxygens (including phenoxy) is 3. The maximum absolute atomic E-state index is 5.65. The molecule has 0 radical (unpaired) electrons. The Bertz CT molecular complexity index is 580. The largest absolute Gasteiger partial charge is 0.493 e. The van der Waals surface area contributed by atoms with Crippen molar-refractivity contribution < 1.29 is 14.2 Å². The van der Waals surface area contributed by atoms with E-state index in [1.807, 2.05) is 13.0 Å². The van der Waals surface area contributed by atoms with Gasteiger partial charge >= 0.3 is 0 Å². The van der Waals surface area contributed by atoms with Gasteiger partial charge in [-0.15, -0.1) is 24.0 Å². The van der Waals surface area contributed by atoms with Gasteiger partial charge in [-0.1, -0.05) is 6.07 Å². The average molecular weight is 505 g/mol. The molecule has 6 nitrogen and oxygen atoms in total. The van der Waals surface area contributed by atoms with E-state index < -0.39 is 0 Å². The molecule has 1 aromatic carbocycles. The SMILES string of the molecule is CCNC(=NCCCc1ccc(OC)c(OCC)c1)NCCOCC1CC1.I. The van der Waals surface area contributed by atoms with Crippen molar-refractivity contribution in [3.63, 3.8) is 0 Å². The molecular weight excluding hydrogens is 469 g/mol. The maximum Gasteiger partial charge on any atom is 0.191 e. The summed E-state index contributed by atoms with van der Waals surface area (Å²) in [4.78, 5) is 4.65. The zero-order valence-electron chi connectivity index (χ0n) is 17.5. The summed E-state index contributed by atoms with van der Waals surface area (Å²) in [5.41, 5.74) is 1.24. The third-order valence-electron chi connectivity index (χ3n) is 4.35. The number of hydrogen-bond donors (Lipinski definition) is 2. The van der Waals surface area contributed by atoms with Crippen LogP contribution >= 0.6 is 24.0 Å². The van der Waals surface area contributed by atoms with E-state index in [9.17, 15) is 0 Å². The third-order valence-corrected chi connectivity index (χ3v) is 4.35. The molecule has 28 heavy (non-hydrogen) atoms. The summed E-state index contributed by atoms with van der Waals surface area (Å²) < 4.78 is 16.6. The van der Waals surface area contributed by atoms with Crippen molar-refractivity contribution in [1.82, 2.24) is 10.6 Å². The van der Waals surface area contributed by atoms with Crippen molar-refractivity contribution in [2.75, 3.05) is 46.6 Å². The minimum atomic E-state index is 0. The summed E-state index contributed by atoms with van der Waals surface area (Å²) in [6, 6.07) is 6.12. The molecule has 2 rings (SSSR count). The Morgan fingerprint density at radius 1 is 1.18 bits per heavy atom. The number of halogens is 1. The fourth-order valence-electron chi connectivity index (χ4n) is 2.74. The molecule has 0 aromatic heterocycles. The van der Waals surface area contributed by atoms with Gasteiger partial charge in [0.1, 0.15) is 0 Å². The monoisotopic (exact) mass is 505 g/mol. The predicted molar refractivity (Wildman–Crippen MR) is 125 cm³/mol. The number of benzene rings is 1. The first-order chi connectivity index (χ1) is 13.3. The van der Waals surface area contributed by atoms with Crippen LogP contribution in [0.15, 0.2) is 23.2 Å². The molecular formula is C21H36IN3O3. The van der Waals surface area contributed by atoms with E-state index in [0.29, 0.717) is 6.61 Å². The van der Waals surface area contributed by atoms with E-state index >= 15 is 0 Å².